The maximum atomic E-state index is 13.2. The molecule has 188 valence electrons. The summed E-state index contributed by atoms with van der Waals surface area (Å²) < 4.78 is 10.7. The van der Waals surface area contributed by atoms with Gasteiger partial charge >= 0.3 is 11.9 Å². The summed E-state index contributed by atoms with van der Waals surface area (Å²) >= 11 is 3.02. The molecule has 10 heteroatoms. The first-order chi connectivity index (χ1) is 16.8. The zero-order valence-electron chi connectivity index (χ0n) is 20.5. The molecule has 1 amide bonds. The number of thiophene rings is 1. The summed E-state index contributed by atoms with van der Waals surface area (Å²) in [4.78, 5) is 46.9. The largest absolute Gasteiger partial charge is 0.466 e. The lowest BCUT2D eigenvalue weighted by Gasteiger charge is -2.37. The van der Waals surface area contributed by atoms with E-state index in [1.165, 1.54) is 11.8 Å². The van der Waals surface area contributed by atoms with Gasteiger partial charge < -0.3 is 19.3 Å². The molecular formula is C25H31N3O5S2. The molecule has 1 atom stereocenters. The van der Waals surface area contributed by atoms with Crippen LogP contribution in [0.1, 0.15) is 58.6 Å². The molecule has 1 unspecified atom stereocenters. The fourth-order valence-corrected chi connectivity index (χ4v) is 6.19. The Kier molecular flexibility index (Phi) is 8.01. The van der Waals surface area contributed by atoms with Gasteiger partial charge in [-0.25, -0.2) is 9.79 Å². The fourth-order valence-electron chi connectivity index (χ4n) is 4.55. The standard InChI is InChI=1S/C25H31N3O5S2/c1-5-32-23(30)17-6-9-27(10-7-17)20(29)12-19-14-35-25-26-16(4)21(24(31)33-15(2)3)22(28(19)25)18-8-11-34-13-18/h8,11,13-15,17,22H,5-7,9-10,12H2,1-4H3. The average Bonchev–Trinajstić information content (AvgIpc) is 3.48. The topological polar surface area (TPSA) is 88.5 Å². The normalized spacial score (nSPS) is 20.5. The minimum absolute atomic E-state index is 0.00191. The minimum Gasteiger partial charge on any atom is -0.466 e. The van der Waals surface area contributed by atoms with Gasteiger partial charge in [-0.3, -0.25) is 9.59 Å². The van der Waals surface area contributed by atoms with Crippen LogP contribution >= 0.6 is 23.1 Å². The molecule has 3 aliphatic rings. The zero-order valence-corrected chi connectivity index (χ0v) is 22.1. The predicted octanol–water partition coefficient (Wildman–Crippen LogP) is 4.47. The summed E-state index contributed by atoms with van der Waals surface area (Å²) in [5, 5.41) is 6.70. The van der Waals surface area contributed by atoms with E-state index in [4.69, 9.17) is 14.5 Å². The van der Waals surface area contributed by atoms with Crippen molar-refractivity contribution in [3.8, 4) is 0 Å². The van der Waals surface area contributed by atoms with E-state index in [1.807, 2.05) is 52.8 Å². The molecule has 1 aromatic heterocycles. The second-order valence-corrected chi connectivity index (χ2v) is 10.6. The molecule has 0 spiro atoms. The van der Waals surface area contributed by atoms with Gasteiger partial charge in [0, 0.05) is 18.8 Å². The third-order valence-corrected chi connectivity index (χ3v) is 7.81. The number of amides is 1. The summed E-state index contributed by atoms with van der Waals surface area (Å²) in [5.41, 5.74) is 2.91. The van der Waals surface area contributed by atoms with Gasteiger partial charge in [-0.1, -0.05) is 11.8 Å². The number of likely N-dealkylation sites (tertiary alicyclic amines) is 1. The summed E-state index contributed by atoms with van der Waals surface area (Å²) in [6, 6.07) is 1.60. The van der Waals surface area contributed by atoms with Crippen molar-refractivity contribution in [3.05, 3.63) is 44.8 Å². The van der Waals surface area contributed by atoms with Crippen LogP contribution in [0.3, 0.4) is 0 Å². The van der Waals surface area contributed by atoms with Crippen molar-refractivity contribution in [2.24, 2.45) is 10.9 Å². The van der Waals surface area contributed by atoms with Crippen LogP contribution in [-0.2, 0) is 23.9 Å². The van der Waals surface area contributed by atoms with Gasteiger partial charge in [0.1, 0.15) is 0 Å². The number of allylic oxidation sites excluding steroid dienone is 1. The lowest BCUT2D eigenvalue weighted by molar-refractivity contribution is -0.151. The van der Waals surface area contributed by atoms with Gasteiger partial charge in [-0.15, -0.1) is 0 Å². The SMILES string of the molecule is CCOC(=O)C1CCN(C(=O)CC2=CSC3=NC(C)=C(C(=O)OC(C)C)C(c4ccsc4)N23)CC1. The van der Waals surface area contributed by atoms with Crippen LogP contribution in [-0.4, -0.2) is 58.6 Å². The first-order valence-electron chi connectivity index (χ1n) is 11.9. The number of piperidine rings is 1. The summed E-state index contributed by atoms with van der Waals surface area (Å²) in [5.74, 6) is -0.709. The number of carbonyl (C=O) groups is 3. The number of nitrogens with zero attached hydrogens (tertiary/aromatic N) is 3. The van der Waals surface area contributed by atoms with Crippen LogP contribution in [0, 0.1) is 5.92 Å². The number of esters is 2. The van der Waals surface area contributed by atoms with Gasteiger partial charge in [0.2, 0.25) is 5.91 Å². The number of hydrogen-bond acceptors (Lipinski definition) is 9. The van der Waals surface area contributed by atoms with Crippen LogP contribution in [0.5, 0.6) is 0 Å². The molecule has 0 N–H and O–H groups in total. The van der Waals surface area contributed by atoms with Crippen LogP contribution in [0.4, 0.5) is 0 Å². The molecule has 8 nitrogen and oxygen atoms in total. The van der Waals surface area contributed by atoms with E-state index >= 15 is 0 Å². The Bertz CT molecular complexity index is 1070. The minimum atomic E-state index is -0.399. The van der Waals surface area contributed by atoms with Crippen molar-refractivity contribution in [3.63, 3.8) is 0 Å². The number of carbonyl (C=O) groups excluding carboxylic acids is 3. The van der Waals surface area contributed by atoms with E-state index in [1.54, 1.807) is 18.3 Å². The quantitative estimate of drug-likeness (QED) is 0.493. The molecule has 0 bridgehead atoms. The molecule has 4 heterocycles. The molecule has 3 aliphatic heterocycles. The van der Waals surface area contributed by atoms with Crippen molar-refractivity contribution in [2.45, 2.75) is 59.1 Å². The zero-order chi connectivity index (χ0) is 25.1. The smallest absolute Gasteiger partial charge is 0.338 e. The van der Waals surface area contributed by atoms with Crippen molar-refractivity contribution >= 4 is 46.1 Å². The fraction of sp³-hybridized carbons (Fsp3) is 0.520. The Morgan fingerprint density at radius 1 is 1.23 bits per heavy atom. The number of aliphatic imine (C=N–C) groups is 1. The number of hydrogen-bond donors (Lipinski definition) is 0. The summed E-state index contributed by atoms with van der Waals surface area (Å²) in [7, 11) is 0. The highest BCUT2D eigenvalue weighted by Crippen LogP contribution is 2.45. The van der Waals surface area contributed by atoms with E-state index in [9.17, 15) is 14.4 Å². The van der Waals surface area contributed by atoms with Crippen molar-refractivity contribution < 1.29 is 23.9 Å². The highest BCUT2D eigenvalue weighted by atomic mass is 32.2. The summed E-state index contributed by atoms with van der Waals surface area (Å²) in [6.45, 7) is 8.71. The van der Waals surface area contributed by atoms with Crippen molar-refractivity contribution in [1.29, 1.82) is 0 Å². The third-order valence-electron chi connectivity index (χ3n) is 6.22. The van der Waals surface area contributed by atoms with Crippen LogP contribution in [0.2, 0.25) is 0 Å². The Morgan fingerprint density at radius 2 is 1.97 bits per heavy atom. The second-order valence-electron chi connectivity index (χ2n) is 8.99. The van der Waals surface area contributed by atoms with Gasteiger partial charge in [-0.05, 0) is 68.3 Å². The number of fused-ring (bicyclic) bond motifs is 1. The molecule has 35 heavy (non-hydrogen) atoms. The lowest BCUT2D eigenvalue weighted by atomic mass is 9.95. The summed E-state index contributed by atoms with van der Waals surface area (Å²) in [6.07, 6.45) is 1.17. The Morgan fingerprint density at radius 3 is 2.60 bits per heavy atom. The van der Waals surface area contributed by atoms with Crippen LogP contribution < -0.4 is 0 Å². The molecule has 4 rings (SSSR count). The number of thioether (sulfide) groups is 1. The third kappa shape index (κ3) is 5.48. The van der Waals surface area contributed by atoms with E-state index in [2.05, 4.69) is 0 Å². The van der Waals surface area contributed by atoms with Crippen LogP contribution in [0.25, 0.3) is 0 Å². The van der Waals surface area contributed by atoms with E-state index < -0.39 is 6.04 Å². The molecular weight excluding hydrogens is 486 g/mol. The predicted molar refractivity (Wildman–Crippen MR) is 136 cm³/mol. The first kappa shape index (κ1) is 25.5. The van der Waals surface area contributed by atoms with Crippen LogP contribution in [0.15, 0.2) is 44.2 Å². The van der Waals surface area contributed by atoms with Crippen molar-refractivity contribution in [2.75, 3.05) is 19.7 Å². The Labute approximate surface area is 214 Å². The molecule has 1 aromatic rings. The highest BCUT2D eigenvalue weighted by molar-refractivity contribution is 8.16. The maximum absolute atomic E-state index is 13.2. The number of amidine groups is 1. The molecule has 0 aliphatic carbocycles. The molecule has 0 radical (unpaired) electrons. The number of rotatable bonds is 7. The second kappa shape index (κ2) is 11.0. The maximum Gasteiger partial charge on any atom is 0.338 e. The van der Waals surface area contributed by atoms with Gasteiger partial charge in [-0.2, -0.15) is 11.3 Å². The monoisotopic (exact) mass is 517 g/mol. The van der Waals surface area contributed by atoms with E-state index in [0.29, 0.717) is 43.8 Å². The highest BCUT2D eigenvalue weighted by Gasteiger charge is 2.42. The average molecular weight is 518 g/mol. The van der Waals surface area contributed by atoms with Crippen molar-refractivity contribution in [1.82, 2.24) is 9.80 Å². The Balaban J connectivity index is 1.51. The Hall–Kier alpha value is -2.59. The molecule has 0 saturated carbocycles. The van der Waals surface area contributed by atoms with Gasteiger partial charge in [0.25, 0.3) is 0 Å². The van der Waals surface area contributed by atoms with Gasteiger partial charge in [0.05, 0.1) is 42.4 Å². The lowest BCUT2D eigenvalue weighted by Crippen LogP contribution is -2.42. The van der Waals surface area contributed by atoms with E-state index in [0.717, 1.165) is 16.4 Å². The molecule has 1 fully saturated rings. The first-order valence-corrected chi connectivity index (χ1v) is 13.7. The molecule has 1 saturated heterocycles. The number of ether oxygens (including phenoxy) is 2. The van der Waals surface area contributed by atoms with Gasteiger partial charge in [0.15, 0.2) is 5.17 Å². The van der Waals surface area contributed by atoms with E-state index in [-0.39, 0.29) is 36.3 Å². The molecule has 0 aromatic carbocycles.